The van der Waals surface area contributed by atoms with Gasteiger partial charge in [-0.05, 0) is 11.5 Å². The summed E-state index contributed by atoms with van der Waals surface area (Å²) in [5.74, 6) is 2.09. The number of carbonyl (C=O) groups excluding carboxylic acids is 1. The fraction of sp³-hybridized carbons (Fsp3) is 0.143. The first-order chi connectivity index (χ1) is 6.16. The molecule has 0 aliphatic carbocycles. The molecule has 3 N–H and O–H groups in total. The van der Waals surface area contributed by atoms with Crippen LogP contribution in [0.4, 0.5) is 5.82 Å². The molecule has 1 aromatic rings. The van der Waals surface area contributed by atoms with Crippen LogP contribution in [-0.4, -0.2) is 16.8 Å². The van der Waals surface area contributed by atoms with E-state index in [9.17, 15) is 4.79 Å². The van der Waals surface area contributed by atoms with Crippen molar-refractivity contribution < 1.29 is 4.79 Å². The summed E-state index contributed by atoms with van der Waals surface area (Å²) in [5.41, 5.74) is 5.35. The highest BCUT2D eigenvalue weighted by molar-refractivity contribution is 7.09. The van der Waals surface area contributed by atoms with Gasteiger partial charge in [-0.15, -0.1) is 6.42 Å². The Hall–Kier alpha value is -1.25. The van der Waals surface area contributed by atoms with E-state index in [0.717, 1.165) is 11.5 Å². The molecule has 0 aromatic carbocycles. The molecule has 0 atom stereocenters. The zero-order valence-corrected chi connectivity index (χ0v) is 8.08. The Kier molecular flexibility index (Phi) is 3.12. The molecule has 0 spiro atoms. The summed E-state index contributed by atoms with van der Waals surface area (Å²) in [5, 5.41) is 2.64. The van der Waals surface area contributed by atoms with Gasteiger partial charge in [-0.3, -0.25) is 4.79 Å². The molecule has 0 bridgehead atoms. The molecule has 1 amide bonds. The Morgan fingerprint density at radius 3 is 3.00 bits per heavy atom. The zero-order chi connectivity index (χ0) is 9.84. The number of halogens is 1. The first-order valence-electron chi connectivity index (χ1n) is 3.29. The quantitative estimate of drug-likeness (QED) is 0.716. The Balaban J connectivity index is 2.78. The van der Waals surface area contributed by atoms with Gasteiger partial charge in [0.15, 0.2) is 5.82 Å². The molecule has 0 unspecified atom stereocenters. The highest BCUT2D eigenvalue weighted by atomic mass is 35.5. The molecule has 0 aliphatic heterocycles. The SMILES string of the molecule is C#CCNC(=O)c1snc(N)c1Cl. The second-order valence-corrected chi connectivity index (χ2v) is 3.25. The number of hydrogen-bond acceptors (Lipinski definition) is 4. The lowest BCUT2D eigenvalue weighted by molar-refractivity contribution is 0.0963. The predicted octanol–water partition coefficient (Wildman–Crippen LogP) is 0.742. The van der Waals surface area contributed by atoms with E-state index in [2.05, 4.69) is 15.6 Å². The van der Waals surface area contributed by atoms with Crippen molar-refractivity contribution in [3.8, 4) is 12.3 Å². The van der Waals surface area contributed by atoms with Crippen LogP contribution in [0, 0.1) is 12.3 Å². The van der Waals surface area contributed by atoms with Crippen molar-refractivity contribution in [2.75, 3.05) is 12.3 Å². The number of hydrogen-bond donors (Lipinski definition) is 2. The number of carbonyl (C=O) groups is 1. The first kappa shape index (κ1) is 9.84. The molecule has 0 radical (unpaired) electrons. The van der Waals surface area contributed by atoms with Gasteiger partial charge < -0.3 is 11.1 Å². The average molecular weight is 216 g/mol. The lowest BCUT2D eigenvalue weighted by Gasteiger charge is -1.96. The van der Waals surface area contributed by atoms with Gasteiger partial charge >= 0.3 is 0 Å². The molecular weight excluding hydrogens is 210 g/mol. The minimum absolute atomic E-state index is 0.160. The minimum atomic E-state index is -0.350. The van der Waals surface area contributed by atoms with Crippen molar-refractivity contribution in [2.24, 2.45) is 0 Å². The van der Waals surface area contributed by atoms with Crippen LogP contribution < -0.4 is 11.1 Å². The van der Waals surface area contributed by atoms with E-state index < -0.39 is 0 Å². The van der Waals surface area contributed by atoms with Crippen LogP contribution in [0.25, 0.3) is 0 Å². The maximum Gasteiger partial charge on any atom is 0.265 e. The maximum absolute atomic E-state index is 11.3. The normalized spacial score (nSPS) is 9.23. The number of nitrogens with two attached hydrogens (primary N) is 1. The van der Waals surface area contributed by atoms with Gasteiger partial charge in [0.1, 0.15) is 9.90 Å². The molecule has 13 heavy (non-hydrogen) atoms. The molecule has 0 saturated heterocycles. The van der Waals surface area contributed by atoms with Gasteiger partial charge in [-0.1, -0.05) is 17.5 Å². The number of nitrogens with zero attached hydrogens (tertiary/aromatic N) is 1. The van der Waals surface area contributed by atoms with E-state index in [-0.39, 0.29) is 28.2 Å². The average Bonchev–Trinajstić information content (AvgIpc) is 2.44. The van der Waals surface area contributed by atoms with E-state index >= 15 is 0 Å². The Morgan fingerprint density at radius 2 is 2.54 bits per heavy atom. The highest BCUT2D eigenvalue weighted by Gasteiger charge is 2.15. The van der Waals surface area contributed by atoms with Crippen LogP contribution in [-0.2, 0) is 0 Å². The molecule has 1 heterocycles. The predicted molar refractivity (Wildman–Crippen MR) is 52.7 cm³/mol. The van der Waals surface area contributed by atoms with E-state index in [0.29, 0.717) is 0 Å². The van der Waals surface area contributed by atoms with Crippen LogP contribution >= 0.6 is 23.1 Å². The molecule has 4 nitrogen and oxygen atoms in total. The number of amides is 1. The van der Waals surface area contributed by atoms with Crippen molar-refractivity contribution in [1.82, 2.24) is 9.69 Å². The zero-order valence-electron chi connectivity index (χ0n) is 6.50. The molecule has 1 aromatic heterocycles. The number of aromatic nitrogens is 1. The number of terminal acetylenes is 1. The lowest BCUT2D eigenvalue weighted by atomic mass is 10.4. The number of nitrogens with one attached hydrogen (secondary N) is 1. The summed E-state index contributed by atoms with van der Waals surface area (Å²) in [6.45, 7) is 0.160. The summed E-state index contributed by atoms with van der Waals surface area (Å²) in [6, 6.07) is 0. The van der Waals surface area contributed by atoms with Crippen LogP contribution in [0.1, 0.15) is 9.67 Å². The Morgan fingerprint density at radius 1 is 1.85 bits per heavy atom. The van der Waals surface area contributed by atoms with Gasteiger partial charge in [-0.25, -0.2) is 0 Å². The molecule has 1 rings (SSSR count). The molecule has 68 valence electrons. The first-order valence-corrected chi connectivity index (χ1v) is 4.44. The summed E-state index contributed by atoms with van der Waals surface area (Å²) >= 11 is 6.64. The fourth-order valence-corrected chi connectivity index (χ4v) is 1.55. The molecule has 0 fully saturated rings. The second-order valence-electron chi connectivity index (χ2n) is 2.10. The maximum atomic E-state index is 11.3. The van der Waals surface area contributed by atoms with Crippen LogP contribution in [0.3, 0.4) is 0 Å². The number of anilines is 1. The van der Waals surface area contributed by atoms with Gasteiger partial charge in [0.25, 0.3) is 5.91 Å². The van der Waals surface area contributed by atoms with Crippen molar-refractivity contribution in [3.05, 3.63) is 9.90 Å². The minimum Gasteiger partial charge on any atom is -0.382 e. The fourth-order valence-electron chi connectivity index (χ4n) is 0.644. The smallest absolute Gasteiger partial charge is 0.265 e. The lowest BCUT2D eigenvalue weighted by Crippen LogP contribution is -2.22. The van der Waals surface area contributed by atoms with E-state index in [4.69, 9.17) is 23.8 Å². The van der Waals surface area contributed by atoms with Crippen molar-refractivity contribution in [3.63, 3.8) is 0 Å². The highest BCUT2D eigenvalue weighted by Crippen LogP contribution is 2.25. The third kappa shape index (κ3) is 2.11. The molecular formula is C7H6ClN3OS. The van der Waals surface area contributed by atoms with Crippen LogP contribution in [0.2, 0.25) is 5.02 Å². The second kappa shape index (κ2) is 4.12. The Labute approximate surface area is 84.2 Å². The van der Waals surface area contributed by atoms with E-state index in [1.165, 1.54) is 0 Å². The standard InChI is InChI=1S/C7H6ClN3OS/c1-2-3-10-7(12)5-4(8)6(9)11-13-5/h1H,3H2,(H2,9,11)(H,10,12). The van der Waals surface area contributed by atoms with Crippen molar-refractivity contribution in [1.29, 1.82) is 0 Å². The third-order valence-corrected chi connectivity index (χ3v) is 2.57. The van der Waals surface area contributed by atoms with E-state index in [1.807, 2.05) is 0 Å². The molecule has 6 heteroatoms. The molecule has 0 aliphatic rings. The van der Waals surface area contributed by atoms with Crippen LogP contribution in [0.15, 0.2) is 0 Å². The van der Waals surface area contributed by atoms with E-state index in [1.54, 1.807) is 0 Å². The van der Waals surface area contributed by atoms with Crippen LogP contribution in [0.5, 0.6) is 0 Å². The van der Waals surface area contributed by atoms with Gasteiger partial charge in [0, 0.05) is 0 Å². The summed E-state index contributed by atoms with van der Waals surface area (Å²) < 4.78 is 3.72. The van der Waals surface area contributed by atoms with Gasteiger partial charge in [0.05, 0.1) is 6.54 Å². The number of rotatable bonds is 2. The summed E-state index contributed by atoms with van der Waals surface area (Å²) in [4.78, 5) is 11.5. The van der Waals surface area contributed by atoms with Crippen molar-refractivity contribution >= 4 is 34.9 Å². The van der Waals surface area contributed by atoms with Gasteiger partial charge in [-0.2, -0.15) is 4.37 Å². The summed E-state index contributed by atoms with van der Waals surface area (Å²) in [7, 11) is 0. The largest absolute Gasteiger partial charge is 0.382 e. The van der Waals surface area contributed by atoms with Gasteiger partial charge in [0.2, 0.25) is 0 Å². The van der Waals surface area contributed by atoms with Crippen molar-refractivity contribution in [2.45, 2.75) is 0 Å². The molecule has 0 saturated carbocycles. The number of nitrogen functional groups attached to an aromatic ring is 1. The summed E-state index contributed by atoms with van der Waals surface area (Å²) in [6.07, 6.45) is 4.96. The third-order valence-electron chi connectivity index (χ3n) is 1.22. The monoisotopic (exact) mass is 215 g/mol. The Bertz CT molecular complexity index is 368. The topological polar surface area (TPSA) is 68.0 Å².